The van der Waals surface area contributed by atoms with Crippen LogP contribution in [0.4, 0.5) is 42.5 Å². The smallest absolute Gasteiger partial charge is 0.386 e. The number of hydrogen-bond acceptors (Lipinski definition) is 9. The van der Waals surface area contributed by atoms with Gasteiger partial charge in [-0.25, -0.2) is 27.2 Å². The van der Waals surface area contributed by atoms with Crippen LogP contribution in [0.15, 0.2) is 42.6 Å². The third kappa shape index (κ3) is 7.36. The molecular weight excluding hydrogens is 775 g/mol. The Morgan fingerprint density at radius 3 is 2.39 bits per heavy atom. The highest BCUT2D eigenvalue weighted by molar-refractivity contribution is 7.92. The Morgan fingerprint density at radius 1 is 1.09 bits per heavy atom. The van der Waals surface area contributed by atoms with Crippen LogP contribution in [0.25, 0.3) is 22.0 Å². The van der Waals surface area contributed by atoms with Gasteiger partial charge in [-0.2, -0.15) is 32.1 Å². The minimum Gasteiger partial charge on any atom is -0.386 e. The molecule has 1 amide bonds. The van der Waals surface area contributed by atoms with Crippen LogP contribution in [-0.4, -0.2) is 73.9 Å². The first kappa shape index (κ1) is 38.9. The number of alkyl halides is 5. The van der Waals surface area contributed by atoms with Crippen molar-refractivity contribution >= 4 is 38.6 Å². The minimum absolute atomic E-state index is 0.00932. The topological polar surface area (TPSA) is 160 Å². The van der Waals surface area contributed by atoms with Crippen LogP contribution >= 0.6 is 0 Å². The van der Waals surface area contributed by atoms with Crippen molar-refractivity contribution in [2.24, 2.45) is 13.0 Å². The van der Waals surface area contributed by atoms with Crippen molar-refractivity contribution < 1.29 is 49.1 Å². The maximum Gasteiger partial charge on any atom is 0.435 e. The summed E-state index contributed by atoms with van der Waals surface area (Å²) in [6, 6.07) is 6.08. The number of carbonyl (C=O) groups is 1. The molecule has 5 aromatic rings. The van der Waals surface area contributed by atoms with E-state index in [2.05, 4.69) is 25.2 Å². The van der Waals surface area contributed by atoms with E-state index in [0.29, 0.717) is 27.2 Å². The number of halogens is 7. The second-order valence-electron chi connectivity index (χ2n) is 14.5. The molecule has 3 N–H and O–H groups in total. The normalized spacial score (nSPS) is 18.1. The Hall–Kier alpha value is -5.31. The molecule has 298 valence electrons. The molecular formula is C35H34F7N9O4S. The second-order valence-corrected chi connectivity index (χ2v) is 16.3. The number of anilines is 2. The van der Waals surface area contributed by atoms with Gasteiger partial charge in [-0.1, -0.05) is 19.1 Å². The van der Waals surface area contributed by atoms with Gasteiger partial charge >= 0.3 is 6.18 Å². The summed E-state index contributed by atoms with van der Waals surface area (Å²) in [5.41, 5.74) is -3.39. The number of aliphatic hydroxyl groups is 1. The fourth-order valence-electron chi connectivity index (χ4n) is 7.37. The van der Waals surface area contributed by atoms with Crippen LogP contribution in [0.1, 0.15) is 48.1 Å². The number of amides is 1. The quantitative estimate of drug-likeness (QED) is 0.168. The number of aromatic nitrogens is 6. The molecule has 21 heteroatoms. The molecule has 1 aliphatic heterocycles. The Labute approximate surface area is 314 Å². The summed E-state index contributed by atoms with van der Waals surface area (Å²) in [5, 5.41) is 21.1. The van der Waals surface area contributed by atoms with Crippen molar-refractivity contribution in [3.05, 3.63) is 82.4 Å². The summed E-state index contributed by atoms with van der Waals surface area (Å²) in [5.74, 6) is -8.18. The molecule has 0 saturated carbocycles. The van der Waals surface area contributed by atoms with E-state index < -0.39 is 87.1 Å². The Bertz CT molecular complexity index is 2470. The molecule has 0 spiro atoms. The van der Waals surface area contributed by atoms with E-state index in [0.717, 1.165) is 25.3 Å². The third-order valence-corrected chi connectivity index (χ3v) is 10.2. The summed E-state index contributed by atoms with van der Waals surface area (Å²) in [6.07, 6.45) is -3.75. The largest absolute Gasteiger partial charge is 0.435 e. The second kappa shape index (κ2) is 13.4. The predicted octanol–water partition coefficient (Wildman–Crippen LogP) is 4.85. The number of rotatable bonds is 10. The van der Waals surface area contributed by atoms with Crippen LogP contribution in [0.3, 0.4) is 0 Å². The lowest BCUT2D eigenvalue weighted by Crippen LogP contribution is -2.60. The molecule has 13 nitrogen and oxygen atoms in total. The molecule has 3 aromatic heterocycles. The highest BCUT2D eigenvalue weighted by Gasteiger charge is 2.54. The van der Waals surface area contributed by atoms with Gasteiger partial charge in [-0.05, 0) is 43.5 Å². The van der Waals surface area contributed by atoms with Crippen molar-refractivity contribution in [1.29, 1.82) is 0 Å². The minimum atomic E-state index is -5.09. The van der Waals surface area contributed by atoms with E-state index in [-0.39, 0.29) is 48.1 Å². The van der Waals surface area contributed by atoms with Gasteiger partial charge in [-0.15, -0.1) is 0 Å². The fourth-order valence-corrected chi connectivity index (χ4v) is 7.87. The molecule has 0 bridgehead atoms. The first-order valence-electron chi connectivity index (χ1n) is 17.1. The third-order valence-electron chi connectivity index (χ3n) is 9.67. The molecule has 1 fully saturated rings. The average molecular weight is 810 g/mol. The summed E-state index contributed by atoms with van der Waals surface area (Å²) in [4.78, 5) is 24.7. The number of para-hydroxylation sites is 1. The first-order chi connectivity index (χ1) is 26.0. The van der Waals surface area contributed by atoms with E-state index in [1.807, 2.05) is 0 Å². The first-order valence-corrected chi connectivity index (χ1v) is 19.0. The van der Waals surface area contributed by atoms with E-state index in [4.69, 9.17) is 4.98 Å². The van der Waals surface area contributed by atoms with Gasteiger partial charge in [0.1, 0.15) is 23.9 Å². The van der Waals surface area contributed by atoms with Gasteiger partial charge in [0.05, 0.1) is 42.2 Å². The van der Waals surface area contributed by atoms with Gasteiger partial charge in [0.2, 0.25) is 21.9 Å². The number of benzene rings is 2. The molecule has 2 aliphatic rings. The Morgan fingerprint density at radius 2 is 1.77 bits per heavy atom. The van der Waals surface area contributed by atoms with Crippen molar-refractivity contribution in [1.82, 2.24) is 34.8 Å². The standard InChI is InChI=1S/C35H34F7N9O4S/c1-17-8-23-29(35(40,41)42)46-51(30(23)34(17,38)39)14-26(52)44-25(11-18-9-19(36)12-20(37)10-18)27-24(13-43-32(45-27)50-15-33(2,53)16-50)21-6-5-7-22-28(21)49(3)47-31(22)48-56(4,54)55/h5-7,9-10,12-13,17,25,53H,8,11,14-16H2,1-4H3,(H,44,52)(H,47,48). The van der Waals surface area contributed by atoms with Gasteiger partial charge in [-0.3, -0.25) is 18.9 Å². The van der Waals surface area contributed by atoms with Crippen molar-refractivity contribution in [2.75, 3.05) is 29.0 Å². The van der Waals surface area contributed by atoms with Gasteiger partial charge in [0.25, 0.3) is 5.92 Å². The number of hydrogen-bond donors (Lipinski definition) is 3. The zero-order chi connectivity index (χ0) is 40.7. The molecule has 1 saturated heterocycles. The summed E-state index contributed by atoms with van der Waals surface area (Å²) < 4.78 is 130. The number of aryl methyl sites for hydroxylation is 1. The number of nitrogens with one attached hydrogen (secondary N) is 2. The fraction of sp³-hybridized carbons (Fsp3) is 0.400. The molecule has 56 heavy (non-hydrogen) atoms. The molecule has 1 aliphatic carbocycles. The lowest BCUT2D eigenvalue weighted by Gasteiger charge is -2.44. The van der Waals surface area contributed by atoms with E-state index in [1.54, 1.807) is 37.1 Å². The maximum absolute atomic E-state index is 15.3. The highest BCUT2D eigenvalue weighted by atomic mass is 32.2. The number of fused-ring (bicyclic) bond motifs is 2. The predicted molar refractivity (Wildman–Crippen MR) is 188 cm³/mol. The number of carbonyl (C=O) groups excluding carboxylic acids is 1. The lowest BCUT2D eigenvalue weighted by atomic mass is 9.94. The van der Waals surface area contributed by atoms with Crippen LogP contribution < -0.4 is 14.9 Å². The number of nitrogens with zero attached hydrogens (tertiary/aromatic N) is 7. The summed E-state index contributed by atoms with van der Waals surface area (Å²) in [6.45, 7) is 1.80. The molecule has 0 radical (unpaired) electrons. The Kier molecular flexibility index (Phi) is 9.33. The summed E-state index contributed by atoms with van der Waals surface area (Å²) >= 11 is 0. The maximum atomic E-state index is 15.3. The van der Waals surface area contributed by atoms with Crippen LogP contribution in [0.2, 0.25) is 0 Å². The van der Waals surface area contributed by atoms with E-state index >= 15 is 8.78 Å². The van der Waals surface area contributed by atoms with Crippen LogP contribution in [-0.2, 0) is 53.4 Å². The van der Waals surface area contributed by atoms with Gasteiger partial charge in [0.15, 0.2) is 11.5 Å². The van der Waals surface area contributed by atoms with Crippen LogP contribution in [0, 0.1) is 17.6 Å². The molecule has 7 rings (SSSR count). The lowest BCUT2D eigenvalue weighted by molar-refractivity contribution is -0.142. The number of β-amino-alcohol motifs (C(OH)–C–C–N with tert-alkyl or cyclic N) is 1. The molecule has 2 unspecified atom stereocenters. The monoisotopic (exact) mass is 809 g/mol. The van der Waals surface area contributed by atoms with Crippen LogP contribution in [0.5, 0.6) is 0 Å². The van der Waals surface area contributed by atoms with Crippen molar-refractivity contribution in [2.45, 2.75) is 57.0 Å². The molecule has 2 aromatic carbocycles. The zero-order valence-electron chi connectivity index (χ0n) is 30.1. The van der Waals surface area contributed by atoms with E-state index in [9.17, 15) is 40.3 Å². The van der Waals surface area contributed by atoms with Crippen molar-refractivity contribution in [3.63, 3.8) is 0 Å². The van der Waals surface area contributed by atoms with Gasteiger partial charge in [0, 0.05) is 47.3 Å². The van der Waals surface area contributed by atoms with E-state index in [1.165, 1.54) is 10.9 Å². The average Bonchev–Trinajstić information content (AvgIpc) is 3.66. The zero-order valence-corrected chi connectivity index (χ0v) is 30.9. The SMILES string of the molecule is CC1Cc2c(C(F)(F)F)nn(CC(=O)NC(Cc3cc(F)cc(F)c3)c3nc(N4CC(C)(O)C4)ncc3-c3cccc4c(NS(C)(=O)=O)nn(C)c34)c2C1(F)F. The molecule has 2 atom stereocenters. The number of sulfonamides is 1. The molecule has 4 heterocycles. The van der Waals surface area contributed by atoms with Gasteiger partial charge < -0.3 is 15.3 Å². The highest BCUT2D eigenvalue weighted by Crippen LogP contribution is 2.49. The van der Waals surface area contributed by atoms with Crippen molar-refractivity contribution in [3.8, 4) is 11.1 Å². The Balaban J connectivity index is 1.37. The summed E-state index contributed by atoms with van der Waals surface area (Å²) in [7, 11) is -2.24.